The lowest BCUT2D eigenvalue weighted by atomic mass is 10.1. The van der Waals surface area contributed by atoms with Crippen LogP contribution in [0.4, 0.5) is 11.4 Å². The van der Waals surface area contributed by atoms with Crippen molar-refractivity contribution in [3.63, 3.8) is 0 Å². The second kappa shape index (κ2) is 7.45. The monoisotopic (exact) mass is 312 g/mol. The summed E-state index contributed by atoms with van der Waals surface area (Å²) in [7, 11) is 0. The Bertz CT molecular complexity index is 726. The van der Waals surface area contributed by atoms with Crippen molar-refractivity contribution in [2.45, 2.75) is 20.3 Å². The van der Waals surface area contributed by atoms with E-state index in [1.807, 2.05) is 13.0 Å². The quantitative estimate of drug-likeness (QED) is 0.656. The molecule has 3 N–H and O–H groups in total. The summed E-state index contributed by atoms with van der Waals surface area (Å²) >= 11 is 0. The minimum atomic E-state index is -0.412. The van der Waals surface area contributed by atoms with Gasteiger partial charge in [0.2, 0.25) is 0 Å². The number of nitrogens with two attached hydrogens (primary N) is 1. The molecule has 0 aliphatic heterocycles. The van der Waals surface area contributed by atoms with Gasteiger partial charge < -0.3 is 15.8 Å². The zero-order chi connectivity index (χ0) is 16.8. The summed E-state index contributed by atoms with van der Waals surface area (Å²) in [6.45, 7) is 4.03. The lowest BCUT2D eigenvalue weighted by Crippen LogP contribution is -2.16. The van der Waals surface area contributed by atoms with E-state index in [4.69, 9.17) is 10.5 Å². The number of amides is 1. The molecule has 5 heteroatoms. The molecule has 0 fully saturated rings. The number of ether oxygens (including phenoxy) is 1. The first-order valence-corrected chi connectivity index (χ1v) is 7.52. The standard InChI is InChI=1S/C18H20N2O3/c1-3-12-9-10-13(18(22)23-4-2)11-16(12)20-17(21)14-7-5-6-8-15(14)19/h5-11H,3-4,19H2,1-2H3,(H,20,21). The number of rotatable bonds is 5. The number of anilines is 2. The zero-order valence-electron chi connectivity index (χ0n) is 13.3. The van der Waals surface area contributed by atoms with Crippen LogP contribution >= 0.6 is 0 Å². The fourth-order valence-corrected chi connectivity index (χ4v) is 2.24. The molecule has 0 bridgehead atoms. The van der Waals surface area contributed by atoms with Crippen molar-refractivity contribution in [3.8, 4) is 0 Å². The van der Waals surface area contributed by atoms with Crippen LogP contribution in [0.3, 0.4) is 0 Å². The molecule has 1 amide bonds. The third kappa shape index (κ3) is 3.88. The third-order valence-corrected chi connectivity index (χ3v) is 3.46. The van der Waals surface area contributed by atoms with Crippen LogP contribution in [0.15, 0.2) is 42.5 Å². The number of nitrogens with one attached hydrogen (secondary N) is 1. The number of esters is 1. The van der Waals surface area contributed by atoms with Crippen molar-refractivity contribution in [2.75, 3.05) is 17.7 Å². The average molecular weight is 312 g/mol. The molecule has 0 saturated carbocycles. The van der Waals surface area contributed by atoms with E-state index in [1.54, 1.807) is 43.3 Å². The number of aryl methyl sites for hydroxylation is 1. The Labute approximate surface area is 135 Å². The fraction of sp³-hybridized carbons (Fsp3) is 0.222. The maximum absolute atomic E-state index is 12.4. The molecule has 0 saturated heterocycles. The third-order valence-electron chi connectivity index (χ3n) is 3.46. The van der Waals surface area contributed by atoms with E-state index in [0.717, 1.165) is 12.0 Å². The van der Waals surface area contributed by atoms with Gasteiger partial charge in [-0.3, -0.25) is 4.79 Å². The Morgan fingerprint density at radius 1 is 1.13 bits per heavy atom. The maximum atomic E-state index is 12.4. The largest absolute Gasteiger partial charge is 0.462 e. The number of para-hydroxylation sites is 1. The SMILES string of the molecule is CCOC(=O)c1ccc(CC)c(NC(=O)c2ccccc2N)c1. The van der Waals surface area contributed by atoms with Crippen LogP contribution < -0.4 is 11.1 Å². The van der Waals surface area contributed by atoms with Gasteiger partial charge in [-0.1, -0.05) is 25.1 Å². The molecule has 5 nitrogen and oxygen atoms in total. The smallest absolute Gasteiger partial charge is 0.338 e. The summed E-state index contributed by atoms with van der Waals surface area (Å²) in [4.78, 5) is 24.3. The van der Waals surface area contributed by atoms with Crippen molar-refractivity contribution in [2.24, 2.45) is 0 Å². The number of nitrogen functional groups attached to an aromatic ring is 1. The topological polar surface area (TPSA) is 81.4 Å². The van der Waals surface area contributed by atoms with Gasteiger partial charge in [-0.25, -0.2) is 4.79 Å². The van der Waals surface area contributed by atoms with Gasteiger partial charge >= 0.3 is 5.97 Å². The van der Waals surface area contributed by atoms with Gasteiger partial charge in [0, 0.05) is 11.4 Å². The molecule has 0 spiro atoms. The highest BCUT2D eigenvalue weighted by atomic mass is 16.5. The Hall–Kier alpha value is -2.82. The van der Waals surface area contributed by atoms with Crippen molar-refractivity contribution < 1.29 is 14.3 Å². The van der Waals surface area contributed by atoms with Gasteiger partial charge in [-0.05, 0) is 43.2 Å². The molecule has 0 unspecified atom stereocenters. The van der Waals surface area contributed by atoms with Gasteiger partial charge in [0.25, 0.3) is 5.91 Å². The fourth-order valence-electron chi connectivity index (χ4n) is 2.24. The predicted octanol–water partition coefficient (Wildman–Crippen LogP) is 3.26. The molecular formula is C18H20N2O3. The highest BCUT2D eigenvalue weighted by Gasteiger charge is 2.14. The Balaban J connectivity index is 2.30. The molecule has 0 aromatic heterocycles. The van der Waals surface area contributed by atoms with E-state index in [9.17, 15) is 9.59 Å². The molecule has 0 aliphatic carbocycles. The van der Waals surface area contributed by atoms with Crippen molar-refractivity contribution in [1.29, 1.82) is 0 Å². The van der Waals surface area contributed by atoms with Gasteiger partial charge in [-0.15, -0.1) is 0 Å². The van der Waals surface area contributed by atoms with Gasteiger partial charge in [0.05, 0.1) is 17.7 Å². The summed E-state index contributed by atoms with van der Waals surface area (Å²) in [5.74, 6) is -0.719. The molecule has 2 aromatic rings. The molecule has 0 atom stereocenters. The molecule has 0 aliphatic rings. The lowest BCUT2D eigenvalue weighted by Gasteiger charge is -2.12. The first kappa shape index (κ1) is 16.5. The maximum Gasteiger partial charge on any atom is 0.338 e. The highest BCUT2D eigenvalue weighted by Crippen LogP contribution is 2.21. The Kier molecular flexibility index (Phi) is 5.36. The Morgan fingerprint density at radius 2 is 1.87 bits per heavy atom. The Morgan fingerprint density at radius 3 is 2.52 bits per heavy atom. The van der Waals surface area contributed by atoms with Crippen LogP contribution in [0.2, 0.25) is 0 Å². The number of carbonyl (C=O) groups is 2. The van der Waals surface area contributed by atoms with Gasteiger partial charge in [-0.2, -0.15) is 0 Å². The van der Waals surface area contributed by atoms with Crippen molar-refractivity contribution in [1.82, 2.24) is 0 Å². The first-order chi connectivity index (χ1) is 11.1. The summed E-state index contributed by atoms with van der Waals surface area (Å²) in [5, 5.41) is 2.83. The first-order valence-electron chi connectivity index (χ1n) is 7.52. The average Bonchev–Trinajstić information content (AvgIpc) is 2.55. The number of benzene rings is 2. The minimum absolute atomic E-state index is 0.302. The second-order valence-corrected chi connectivity index (χ2v) is 4.99. The summed E-state index contributed by atoms with van der Waals surface area (Å²) in [6, 6.07) is 12.0. The molecular weight excluding hydrogens is 292 g/mol. The van der Waals surface area contributed by atoms with E-state index < -0.39 is 5.97 Å². The van der Waals surface area contributed by atoms with Crippen LogP contribution in [0.25, 0.3) is 0 Å². The normalized spacial score (nSPS) is 10.2. The highest BCUT2D eigenvalue weighted by molar-refractivity contribution is 6.08. The molecule has 2 rings (SSSR count). The van der Waals surface area contributed by atoms with Crippen LogP contribution in [0.1, 0.15) is 40.1 Å². The molecule has 0 heterocycles. The lowest BCUT2D eigenvalue weighted by molar-refractivity contribution is 0.0526. The predicted molar refractivity (Wildman–Crippen MR) is 90.6 cm³/mol. The molecule has 0 radical (unpaired) electrons. The van der Waals surface area contributed by atoms with Crippen molar-refractivity contribution in [3.05, 3.63) is 59.2 Å². The minimum Gasteiger partial charge on any atom is -0.462 e. The molecule has 120 valence electrons. The summed E-state index contributed by atoms with van der Waals surface area (Å²) < 4.78 is 4.99. The van der Waals surface area contributed by atoms with E-state index >= 15 is 0 Å². The van der Waals surface area contributed by atoms with Crippen molar-refractivity contribution >= 4 is 23.3 Å². The number of hydrogen-bond acceptors (Lipinski definition) is 4. The molecule has 2 aromatic carbocycles. The van der Waals surface area contributed by atoms with Crippen LogP contribution in [0, 0.1) is 0 Å². The van der Waals surface area contributed by atoms with E-state index in [-0.39, 0.29) is 5.91 Å². The second-order valence-electron chi connectivity index (χ2n) is 4.99. The number of carbonyl (C=O) groups excluding carboxylic acids is 2. The number of hydrogen-bond donors (Lipinski definition) is 2. The summed E-state index contributed by atoms with van der Waals surface area (Å²) in [5.41, 5.74) is 8.56. The zero-order valence-corrected chi connectivity index (χ0v) is 13.3. The van der Waals surface area contributed by atoms with Crippen LogP contribution in [-0.2, 0) is 11.2 Å². The van der Waals surface area contributed by atoms with Crippen LogP contribution in [0.5, 0.6) is 0 Å². The molecule has 23 heavy (non-hydrogen) atoms. The van der Waals surface area contributed by atoms with E-state index in [1.165, 1.54) is 0 Å². The van der Waals surface area contributed by atoms with E-state index in [0.29, 0.717) is 29.1 Å². The summed E-state index contributed by atoms with van der Waals surface area (Å²) in [6.07, 6.45) is 0.725. The van der Waals surface area contributed by atoms with Gasteiger partial charge in [0.15, 0.2) is 0 Å². The van der Waals surface area contributed by atoms with Crippen LogP contribution in [-0.4, -0.2) is 18.5 Å². The van der Waals surface area contributed by atoms with Gasteiger partial charge in [0.1, 0.15) is 0 Å². The van der Waals surface area contributed by atoms with E-state index in [2.05, 4.69) is 5.32 Å².